The first-order valence-electron chi connectivity index (χ1n) is 7.13. The van der Waals surface area contributed by atoms with E-state index in [4.69, 9.17) is 14.6 Å². The number of rotatable bonds is 6. The molecule has 1 unspecified atom stereocenters. The van der Waals surface area contributed by atoms with Gasteiger partial charge >= 0.3 is 12.1 Å². The van der Waals surface area contributed by atoms with E-state index in [0.717, 1.165) is 5.56 Å². The lowest BCUT2D eigenvalue weighted by Crippen LogP contribution is -2.45. The minimum Gasteiger partial charge on any atom is -0.462 e. The Balaban J connectivity index is 2.73. The summed E-state index contributed by atoms with van der Waals surface area (Å²) >= 11 is 0. The van der Waals surface area contributed by atoms with Crippen molar-refractivity contribution in [3.05, 3.63) is 35.9 Å². The molecule has 2 N–H and O–H groups in total. The van der Waals surface area contributed by atoms with Crippen LogP contribution >= 0.6 is 0 Å². The molecule has 0 spiro atoms. The number of benzene rings is 1. The summed E-state index contributed by atoms with van der Waals surface area (Å²) in [5.41, 5.74) is 0.223. The molecule has 1 aromatic carbocycles. The summed E-state index contributed by atoms with van der Waals surface area (Å²) in [5, 5.41) is 11.2. The van der Waals surface area contributed by atoms with Gasteiger partial charge < -0.3 is 19.9 Å². The van der Waals surface area contributed by atoms with Gasteiger partial charge in [0.15, 0.2) is 0 Å². The van der Waals surface area contributed by atoms with E-state index in [0.29, 0.717) is 0 Å². The first kappa shape index (κ1) is 18.0. The molecule has 0 bridgehead atoms. The predicted octanol–water partition coefficient (Wildman–Crippen LogP) is 1.66. The summed E-state index contributed by atoms with van der Waals surface area (Å²) < 4.78 is 10.1. The molecule has 0 radical (unpaired) electrons. The van der Waals surface area contributed by atoms with Crippen LogP contribution < -0.4 is 5.32 Å². The molecule has 1 aromatic rings. The van der Waals surface area contributed by atoms with E-state index in [1.165, 1.54) is 0 Å². The van der Waals surface area contributed by atoms with Crippen LogP contribution in [-0.4, -0.2) is 42.0 Å². The minimum absolute atomic E-state index is 0.111. The topological polar surface area (TPSA) is 84.9 Å². The zero-order valence-electron chi connectivity index (χ0n) is 13.2. The van der Waals surface area contributed by atoms with E-state index in [2.05, 4.69) is 5.32 Å². The fourth-order valence-electron chi connectivity index (χ4n) is 1.74. The van der Waals surface area contributed by atoms with Crippen molar-refractivity contribution >= 4 is 12.1 Å². The van der Waals surface area contributed by atoms with Crippen molar-refractivity contribution in [3.8, 4) is 0 Å². The molecule has 0 saturated heterocycles. The molecule has 0 fully saturated rings. The Morgan fingerprint density at radius 3 is 2.41 bits per heavy atom. The van der Waals surface area contributed by atoms with Crippen molar-refractivity contribution in [1.82, 2.24) is 5.32 Å². The van der Waals surface area contributed by atoms with E-state index >= 15 is 0 Å². The number of alkyl carbamates (subject to hydrolysis) is 1. The largest absolute Gasteiger partial charge is 0.462 e. The van der Waals surface area contributed by atoms with Gasteiger partial charge in [-0.15, -0.1) is 0 Å². The standard InChI is InChI=1S/C16H23NO5/c1-16(2,3)22-15(20)17-13(14(19)21-10-9-18)11-12-7-5-4-6-8-12/h4-8,13,18H,9-11H2,1-3H3,(H,17,20). The third-order valence-electron chi connectivity index (χ3n) is 2.59. The minimum atomic E-state index is -0.871. The molecule has 0 aliphatic carbocycles. The Morgan fingerprint density at radius 1 is 1.23 bits per heavy atom. The normalized spacial score (nSPS) is 12.4. The Morgan fingerprint density at radius 2 is 1.86 bits per heavy atom. The van der Waals surface area contributed by atoms with E-state index in [1.54, 1.807) is 20.8 Å². The van der Waals surface area contributed by atoms with Gasteiger partial charge in [0.25, 0.3) is 0 Å². The number of aliphatic hydroxyl groups excluding tert-OH is 1. The molecule has 6 heteroatoms. The summed E-state index contributed by atoms with van der Waals surface area (Å²) in [6.45, 7) is 4.84. The Bertz CT molecular complexity index is 481. The van der Waals surface area contributed by atoms with Gasteiger partial charge in [-0.2, -0.15) is 0 Å². The number of aliphatic hydroxyl groups is 1. The van der Waals surface area contributed by atoms with Gasteiger partial charge in [0.2, 0.25) is 0 Å². The van der Waals surface area contributed by atoms with Gasteiger partial charge in [-0.05, 0) is 26.3 Å². The van der Waals surface area contributed by atoms with Crippen LogP contribution in [0.1, 0.15) is 26.3 Å². The first-order valence-corrected chi connectivity index (χ1v) is 7.13. The second-order valence-electron chi connectivity index (χ2n) is 5.78. The molecule has 1 amide bonds. The molecular weight excluding hydrogens is 286 g/mol. The average molecular weight is 309 g/mol. The van der Waals surface area contributed by atoms with Gasteiger partial charge in [0, 0.05) is 6.42 Å². The fraction of sp³-hybridized carbons (Fsp3) is 0.500. The van der Waals surface area contributed by atoms with Gasteiger partial charge in [-0.3, -0.25) is 0 Å². The molecule has 0 aromatic heterocycles. The highest BCUT2D eigenvalue weighted by Gasteiger charge is 2.25. The van der Waals surface area contributed by atoms with Crippen molar-refractivity contribution in [2.75, 3.05) is 13.2 Å². The van der Waals surface area contributed by atoms with Crippen LogP contribution in [0.3, 0.4) is 0 Å². The lowest BCUT2D eigenvalue weighted by atomic mass is 10.1. The van der Waals surface area contributed by atoms with Crippen LogP contribution in [0.4, 0.5) is 4.79 Å². The summed E-state index contributed by atoms with van der Waals surface area (Å²) in [5.74, 6) is -0.608. The van der Waals surface area contributed by atoms with Crippen LogP contribution in [-0.2, 0) is 20.7 Å². The van der Waals surface area contributed by atoms with Gasteiger partial charge in [0.05, 0.1) is 6.61 Å². The van der Waals surface area contributed by atoms with Crippen LogP contribution in [0.5, 0.6) is 0 Å². The zero-order chi connectivity index (χ0) is 16.6. The smallest absolute Gasteiger partial charge is 0.408 e. The highest BCUT2D eigenvalue weighted by atomic mass is 16.6. The maximum atomic E-state index is 12.0. The number of carbonyl (C=O) groups excluding carboxylic acids is 2. The van der Waals surface area contributed by atoms with Gasteiger partial charge in [-0.1, -0.05) is 30.3 Å². The monoisotopic (exact) mass is 309 g/mol. The van der Waals surface area contributed by atoms with Gasteiger partial charge in [0.1, 0.15) is 18.2 Å². The lowest BCUT2D eigenvalue weighted by molar-refractivity contribution is -0.147. The van der Waals surface area contributed by atoms with Crippen LogP contribution in [0.15, 0.2) is 30.3 Å². The third kappa shape index (κ3) is 7.08. The Kier molecular flexibility index (Phi) is 6.85. The number of ether oxygens (including phenoxy) is 2. The van der Waals surface area contributed by atoms with E-state index in [-0.39, 0.29) is 19.6 Å². The molecule has 1 atom stereocenters. The highest BCUT2D eigenvalue weighted by Crippen LogP contribution is 2.09. The first-order chi connectivity index (χ1) is 10.3. The van der Waals surface area contributed by atoms with Crippen LogP contribution in [0.25, 0.3) is 0 Å². The molecule has 0 heterocycles. The summed E-state index contributed by atoms with van der Waals surface area (Å²) in [4.78, 5) is 23.9. The van der Waals surface area contributed by atoms with Crippen molar-refractivity contribution in [3.63, 3.8) is 0 Å². The quantitative estimate of drug-likeness (QED) is 0.781. The lowest BCUT2D eigenvalue weighted by Gasteiger charge is -2.23. The van der Waals surface area contributed by atoms with E-state index in [1.807, 2.05) is 30.3 Å². The van der Waals surface area contributed by atoms with E-state index in [9.17, 15) is 9.59 Å². The SMILES string of the molecule is CC(C)(C)OC(=O)NC(Cc1ccccc1)C(=O)OCCO. The molecule has 0 aliphatic heterocycles. The maximum Gasteiger partial charge on any atom is 0.408 e. The Labute approximate surface area is 130 Å². The Hall–Kier alpha value is -2.08. The number of nitrogens with one attached hydrogen (secondary N) is 1. The van der Waals surface area contributed by atoms with Crippen molar-refractivity contribution in [2.45, 2.75) is 38.8 Å². The number of hydrogen-bond donors (Lipinski definition) is 2. The highest BCUT2D eigenvalue weighted by molar-refractivity contribution is 5.81. The number of hydrogen-bond acceptors (Lipinski definition) is 5. The molecule has 1 rings (SSSR count). The summed E-state index contributed by atoms with van der Waals surface area (Å²) in [6, 6.07) is 8.39. The summed E-state index contributed by atoms with van der Waals surface area (Å²) in [6.07, 6.45) is -0.404. The predicted molar refractivity (Wildman–Crippen MR) is 81.3 cm³/mol. The molecule has 0 aliphatic rings. The number of carbonyl (C=O) groups is 2. The summed E-state index contributed by atoms with van der Waals surface area (Å²) in [7, 11) is 0. The van der Waals surface area contributed by atoms with Crippen molar-refractivity contribution < 1.29 is 24.2 Å². The fourth-order valence-corrected chi connectivity index (χ4v) is 1.74. The van der Waals surface area contributed by atoms with Crippen LogP contribution in [0.2, 0.25) is 0 Å². The number of amides is 1. The number of esters is 1. The zero-order valence-corrected chi connectivity index (χ0v) is 13.2. The van der Waals surface area contributed by atoms with Crippen LogP contribution in [0, 0.1) is 0 Å². The third-order valence-corrected chi connectivity index (χ3v) is 2.59. The molecule has 6 nitrogen and oxygen atoms in total. The maximum absolute atomic E-state index is 12.0. The average Bonchev–Trinajstić information content (AvgIpc) is 2.43. The second-order valence-corrected chi connectivity index (χ2v) is 5.78. The molecule has 0 saturated carbocycles. The van der Waals surface area contributed by atoms with Gasteiger partial charge in [-0.25, -0.2) is 9.59 Å². The van der Waals surface area contributed by atoms with E-state index < -0.39 is 23.7 Å². The molecule has 22 heavy (non-hydrogen) atoms. The second kappa shape index (κ2) is 8.38. The van der Waals surface area contributed by atoms with Crippen molar-refractivity contribution in [1.29, 1.82) is 0 Å². The molecular formula is C16H23NO5. The van der Waals surface area contributed by atoms with Crippen molar-refractivity contribution in [2.24, 2.45) is 0 Å². The molecule has 122 valence electrons.